The maximum absolute atomic E-state index is 12.0. The van der Waals surface area contributed by atoms with Crippen molar-refractivity contribution in [2.24, 2.45) is 0 Å². The Morgan fingerprint density at radius 2 is 1.20 bits per heavy atom. The number of aromatic hydroxyl groups is 1. The van der Waals surface area contributed by atoms with Crippen molar-refractivity contribution in [2.45, 2.75) is 136 Å². The fourth-order valence-electron chi connectivity index (χ4n) is 3.89. The third-order valence-electron chi connectivity index (χ3n) is 5.85. The van der Waals surface area contributed by atoms with Crippen LogP contribution in [0.25, 0.3) is 0 Å². The van der Waals surface area contributed by atoms with Crippen LogP contribution in [0.1, 0.15) is 135 Å². The van der Waals surface area contributed by atoms with Crippen LogP contribution < -0.4 is 4.74 Å². The van der Waals surface area contributed by atoms with Crippen LogP contribution in [0.3, 0.4) is 0 Å². The molecule has 1 aromatic heterocycles. The Balaban J connectivity index is 1.90. The van der Waals surface area contributed by atoms with Gasteiger partial charge in [0, 0.05) is 12.8 Å². The first kappa shape index (κ1) is 26.6. The summed E-state index contributed by atoms with van der Waals surface area (Å²) in [4.78, 5) is 12.0. The topological polar surface area (TPSA) is 59.7 Å². The van der Waals surface area contributed by atoms with Gasteiger partial charge in [0.05, 0.1) is 0 Å². The molecule has 0 aromatic carbocycles. The summed E-state index contributed by atoms with van der Waals surface area (Å²) < 4.78 is 10.7. The van der Waals surface area contributed by atoms with Crippen molar-refractivity contribution in [1.29, 1.82) is 0 Å². The Bertz CT molecular complexity index is 562. The molecule has 0 unspecified atom stereocenters. The molecule has 0 spiro atoms. The molecule has 0 radical (unpaired) electrons. The van der Waals surface area contributed by atoms with Gasteiger partial charge in [0.25, 0.3) is 0 Å². The van der Waals surface area contributed by atoms with Crippen LogP contribution in [0.2, 0.25) is 0 Å². The molecule has 1 aromatic rings. The van der Waals surface area contributed by atoms with E-state index in [4.69, 9.17) is 9.15 Å². The van der Waals surface area contributed by atoms with Gasteiger partial charge in [-0.05, 0) is 13.3 Å². The van der Waals surface area contributed by atoms with Gasteiger partial charge >= 0.3 is 5.97 Å². The normalized spacial score (nSPS) is 11.2. The first-order valence-electron chi connectivity index (χ1n) is 12.6. The smallest absolute Gasteiger partial charge is 0.311 e. The van der Waals surface area contributed by atoms with E-state index < -0.39 is 0 Å². The Hall–Kier alpha value is -1.45. The van der Waals surface area contributed by atoms with Crippen molar-refractivity contribution >= 4 is 5.97 Å². The number of aryl methyl sites for hydroxylation is 2. The number of carbonyl (C=O) groups is 1. The van der Waals surface area contributed by atoms with Crippen LogP contribution in [0.15, 0.2) is 4.42 Å². The van der Waals surface area contributed by atoms with Crippen molar-refractivity contribution in [3.05, 3.63) is 11.5 Å². The largest absolute Gasteiger partial charge is 0.502 e. The van der Waals surface area contributed by atoms with Crippen LogP contribution >= 0.6 is 0 Å². The molecule has 0 fully saturated rings. The monoisotopic (exact) mass is 422 g/mol. The van der Waals surface area contributed by atoms with Crippen LogP contribution in [-0.4, -0.2) is 11.1 Å². The summed E-state index contributed by atoms with van der Waals surface area (Å²) in [5, 5.41) is 9.94. The number of ether oxygens (including phenoxy) is 1. The molecule has 0 aliphatic rings. The van der Waals surface area contributed by atoms with E-state index >= 15 is 0 Å². The summed E-state index contributed by atoms with van der Waals surface area (Å²) in [5.74, 6) is 0.803. The second-order valence-electron chi connectivity index (χ2n) is 8.64. The van der Waals surface area contributed by atoms with Gasteiger partial charge in [0.1, 0.15) is 5.76 Å². The van der Waals surface area contributed by atoms with Crippen LogP contribution in [0.5, 0.6) is 11.5 Å². The average Bonchev–Trinajstić information content (AvgIpc) is 3.01. The van der Waals surface area contributed by atoms with E-state index in [1.54, 1.807) is 6.92 Å². The summed E-state index contributed by atoms with van der Waals surface area (Å²) in [5.41, 5.74) is 0. The van der Waals surface area contributed by atoms with E-state index in [1.807, 2.05) is 6.92 Å². The summed E-state index contributed by atoms with van der Waals surface area (Å²) >= 11 is 0. The lowest BCUT2D eigenvalue weighted by Gasteiger charge is -2.05. The molecule has 4 heteroatoms. The molecule has 1 N–H and O–H groups in total. The Kier molecular flexibility index (Phi) is 15.3. The van der Waals surface area contributed by atoms with Gasteiger partial charge in [0.15, 0.2) is 5.76 Å². The molecule has 0 aliphatic heterocycles. The van der Waals surface area contributed by atoms with Gasteiger partial charge in [-0.15, -0.1) is 0 Å². The van der Waals surface area contributed by atoms with Gasteiger partial charge in [-0.25, -0.2) is 0 Å². The highest BCUT2D eigenvalue weighted by Crippen LogP contribution is 2.37. The van der Waals surface area contributed by atoms with Crippen molar-refractivity contribution in [1.82, 2.24) is 0 Å². The van der Waals surface area contributed by atoms with Gasteiger partial charge in [-0.3, -0.25) is 4.79 Å². The number of esters is 1. The van der Waals surface area contributed by atoms with E-state index in [0.29, 0.717) is 24.4 Å². The zero-order valence-electron chi connectivity index (χ0n) is 19.9. The molecule has 174 valence electrons. The predicted molar refractivity (Wildman–Crippen MR) is 124 cm³/mol. The van der Waals surface area contributed by atoms with Gasteiger partial charge < -0.3 is 14.3 Å². The quantitative estimate of drug-likeness (QED) is 0.179. The van der Waals surface area contributed by atoms with Crippen molar-refractivity contribution in [2.75, 3.05) is 0 Å². The molecule has 4 nitrogen and oxygen atoms in total. The minimum atomic E-state index is -0.286. The summed E-state index contributed by atoms with van der Waals surface area (Å²) in [6.07, 6.45) is 22.0. The summed E-state index contributed by atoms with van der Waals surface area (Å²) in [6.45, 7) is 5.85. The van der Waals surface area contributed by atoms with Crippen LogP contribution in [0, 0.1) is 6.92 Å². The Morgan fingerprint density at radius 1 is 0.767 bits per heavy atom. The minimum Gasteiger partial charge on any atom is -0.502 e. The fourth-order valence-corrected chi connectivity index (χ4v) is 3.89. The van der Waals surface area contributed by atoms with Crippen LogP contribution in [-0.2, 0) is 11.2 Å². The van der Waals surface area contributed by atoms with Crippen molar-refractivity contribution in [3.63, 3.8) is 0 Å². The van der Waals surface area contributed by atoms with E-state index in [2.05, 4.69) is 6.92 Å². The summed E-state index contributed by atoms with van der Waals surface area (Å²) in [7, 11) is 0. The lowest BCUT2D eigenvalue weighted by molar-refractivity contribution is -0.134. The molecular formula is C26H46O4. The third-order valence-corrected chi connectivity index (χ3v) is 5.85. The second kappa shape index (κ2) is 17.3. The summed E-state index contributed by atoms with van der Waals surface area (Å²) in [6, 6.07) is 0. The molecule has 0 bridgehead atoms. The van der Waals surface area contributed by atoms with Gasteiger partial charge in [-0.1, -0.05) is 110 Å². The van der Waals surface area contributed by atoms with E-state index in [9.17, 15) is 9.90 Å². The van der Waals surface area contributed by atoms with E-state index in [1.165, 1.54) is 89.9 Å². The molecule has 30 heavy (non-hydrogen) atoms. The number of hydrogen-bond acceptors (Lipinski definition) is 4. The molecule has 0 atom stereocenters. The van der Waals surface area contributed by atoms with Crippen molar-refractivity contribution < 1.29 is 19.1 Å². The highest BCUT2D eigenvalue weighted by molar-refractivity contribution is 5.73. The lowest BCUT2D eigenvalue weighted by Crippen LogP contribution is -2.08. The zero-order chi connectivity index (χ0) is 22.0. The van der Waals surface area contributed by atoms with Gasteiger partial charge in [-0.2, -0.15) is 0 Å². The van der Waals surface area contributed by atoms with E-state index in [0.717, 1.165) is 12.8 Å². The molecular weight excluding hydrogens is 376 g/mol. The minimum absolute atomic E-state index is 0.0489. The molecule has 0 saturated carbocycles. The fraction of sp³-hybridized carbons (Fsp3) is 0.808. The number of carbonyl (C=O) groups excluding carboxylic acids is 1. The number of rotatable bonds is 19. The number of unbranched alkanes of at least 4 members (excludes halogenated alkanes) is 15. The molecule has 1 heterocycles. The molecule has 0 amide bonds. The van der Waals surface area contributed by atoms with Crippen LogP contribution in [0.4, 0.5) is 0 Å². The first-order valence-corrected chi connectivity index (χ1v) is 12.6. The van der Waals surface area contributed by atoms with Gasteiger partial charge in [0.2, 0.25) is 11.5 Å². The third kappa shape index (κ3) is 11.7. The first-order chi connectivity index (χ1) is 14.6. The SMILES string of the molecule is CCCCCCCCCCCCCCCCCCC(=O)Oc1c(CC)oc(C)c1O. The van der Waals surface area contributed by atoms with E-state index in [-0.39, 0.29) is 17.5 Å². The number of hydrogen-bond donors (Lipinski definition) is 1. The highest BCUT2D eigenvalue weighted by atomic mass is 16.6. The maximum atomic E-state index is 12.0. The average molecular weight is 423 g/mol. The zero-order valence-corrected chi connectivity index (χ0v) is 19.9. The second-order valence-corrected chi connectivity index (χ2v) is 8.64. The molecule has 1 rings (SSSR count). The lowest BCUT2D eigenvalue weighted by atomic mass is 10.0. The number of furan rings is 1. The highest BCUT2D eigenvalue weighted by Gasteiger charge is 2.20. The molecule has 0 aliphatic carbocycles. The Labute approximate surface area is 184 Å². The predicted octanol–water partition coefficient (Wildman–Crippen LogP) is 8.41. The maximum Gasteiger partial charge on any atom is 0.311 e. The van der Waals surface area contributed by atoms with Crippen molar-refractivity contribution in [3.8, 4) is 11.5 Å². The Morgan fingerprint density at radius 3 is 1.63 bits per heavy atom. The standard InChI is InChI=1S/C26H46O4/c1-4-6-7-8-9-10-11-12-13-14-15-16-17-18-19-20-21-24(27)30-26-23(5-2)29-22(3)25(26)28/h28H,4-21H2,1-3H3. The molecule has 0 saturated heterocycles.